The molecule has 3 N–H and O–H groups in total. The van der Waals surface area contributed by atoms with Gasteiger partial charge in [0.2, 0.25) is 11.8 Å². The van der Waals surface area contributed by atoms with Crippen molar-refractivity contribution in [3.63, 3.8) is 0 Å². The Morgan fingerprint density at radius 3 is 3.04 bits per heavy atom. The second kappa shape index (κ2) is 8.29. The predicted molar refractivity (Wildman–Crippen MR) is 104 cm³/mol. The van der Waals surface area contributed by atoms with Crippen molar-refractivity contribution in [2.45, 2.75) is 17.9 Å². The summed E-state index contributed by atoms with van der Waals surface area (Å²) in [4.78, 5) is 9.29. The molecule has 1 unspecified atom stereocenters. The monoisotopic (exact) mass is 391 g/mol. The maximum atomic E-state index is 7.37. The van der Waals surface area contributed by atoms with Gasteiger partial charge in [0, 0.05) is 18.1 Å². The van der Waals surface area contributed by atoms with E-state index >= 15 is 0 Å². The van der Waals surface area contributed by atoms with Gasteiger partial charge < -0.3 is 24.9 Å². The Morgan fingerprint density at radius 1 is 1.42 bits per heavy atom. The lowest BCUT2D eigenvalue weighted by atomic mass is 10.1. The van der Waals surface area contributed by atoms with E-state index in [0.29, 0.717) is 23.4 Å². The van der Waals surface area contributed by atoms with Crippen LogP contribution in [0.15, 0.2) is 35.5 Å². The van der Waals surface area contributed by atoms with Crippen LogP contribution in [0.3, 0.4) is 0 Å². The number of anilines is 1. The molecule has 0 aromatic carbocycles. The molecule has 1 atom stereocenters. The number of pyridine rings is 2. The average molecular weight is 392 g/mol. The van der Waals surface area contributed by atoms with E-state index in [1.54, 1.807) is 25.4 Å². The van der Waals surface area contributed by atoms with Crippen molar-refractivity contribution in [1.82, 2.24) is 15.3 Å². The van der Waals surface area contributed by atoms with Gasteiger partial charge in [-0.15, -0.1) is 0 Å². The van der Waals surface area contributed by atoms with Gasteiger partial charge in [0.1, 0.15) is 6.61 Å². The molecule has 0 aliphatic carbocycles. The molecule has 26 heavy (non-hydrogen) atoms. The molecule has 0 amide bonds. The van der Waals surface area contributed by atoms with Crippen molar-refractivity contribution in [2.75, 3.05) is 18.4 Å². The van der Waals surface area contributed by atoms with Crippen molar-refractivity contribution in [2.24, 2.45) is 0 Å². The zero-order valence-corrected chi connectivity index (χ0v) is 15.8. The number of nitrogens with one attached hydrogen (secondary N) is 3. The van der Waals surface area contributed by atoms with Crippen LogP contribution >= 0.6 is 23.5 Å². The number of halogens is 1. The van der Waals surface area contributed by atoms with E-state index in [4.69, 9.17) is 26.5 Å². The fraction of sp³-hybridized carbons (Fsp3) is 0.235. The maximum absolute atomic E-state index is 7.37. The Labute approximate surface area is 160 Å². The number of aromatic nitrogens is 2. The normalized spacial score (nSPS) is 17.5. The first kappa shape index (κ1) is 18.3. The molecule has 1 aliphatic rings. The lowest BCUT2D eigenvalue weighted by molar-refractivity contribution is 0.282. The number of fused-ring (bicyclic) bond motifs is 1. The summed E-state index contributed by atoms with van der Waals surface area (Å²) in [5.74, 6) is 1.02. The molecule has 0 radical (unpaired) electrons. The third-order valence-electron chi connectivity index (χ3n) is 3.52. The molecule has 0 spiro atoms. The highest BCUT2D eigenvalue weighted by atomic mass is 35.5. The zero-order valence-electron chi connectivity index (χ0n) is 14.2. The lowest BCUT2D eigenvalue weighted by Crippen LogP contribution is -2.27. The summed E-state index contributed by atoms with van der Waals surface area (Å²) in [6.45, 7) is 2.51. The molecule has 0 saturated heterocycles. The first-order valence-electron chi connectivity index (χ1n) is 7.83. The zero-order chi connectivity index (χ0) is 18.5. The molecule has 136 valence electrons. The molecule has 3 rings (SSSR count). The van der Waals surface area contributed by atoms with Crippen LogP contribution < -0.4 is 19.5 Å². The Bertz CT molecular complexity index is 846. The number of allylic oxidation sites excluding steroid dienone is 1. The van der Waals surface area contributed by atoms with Gasteiger partial charge in [0.05, 0.1) is 40.5 Å². The van der Waals surface area contributed by atoms with Gasteiger partial charge in [-0.2, -0.15) is 0 Å². The van der Waals surface area contributed by atoms with Gasteiger partial charge in [0.15, 0.2) is 0 Å². The van der Waals surface area contributed by atoms with Crippen LogP contribution in [0, 0.1) is 5.41 Å². The number of nitrogens with zero attached hydrogens (tertiary/aromatic N) is 2. The molecule has 0 fully saturated rings. The Balaban J connectivity index is 1.85. The van der Waals surface area contributed by atoms with Crippen molar-refractivity contribution in [3.05, 3.63) is 41.2 Å². The van der Waals surface area contributed by atoms with Crippen LogP contribution in [0.2, 0.25) is 5.02 Å². The smallest absolute Gasteiger partial charge is 0.228 e. The maximum Gasteiger partial charge on any atom is 0.228 e. The van der Waals surface area contributed by atoms with E-state index in [1.165, 1.54) is 24.4 Å². The van der Waals surface area contributed by atoms with Gasteiger partial charge in [-0.25, -0.2) is 9.97 Å². The molecular formula is C17H18ClN5O2S. The summed E-state index contributed by atoms with van der Waals surface area (Å²) < 4.78 is 14.2. The van der Waals surface area contributed by atoms with Gasteiger partial charge in [-0.1, -0.05) is 11.6 Å². The van der Waals surface area contributed by atoms with Crippen molar-refractivity contribution in [1.29, 1.82) is 5.41 Å². The second-order valence-electron chi connectivity index (χ2n) is 5.55. The standard InChI is InChI=1S/C17H18ClN5O2S/c1-10-9-25-16-13(14(22-10)3-4-19)6-12(8-21-16)23-26-15-5-11(18)7-20-17(15)24-2/h3-8,10,19,22-23H,9H2,1-2H3/b14-3-,19-4?. The number of methoxy groups -OCH3 is 1. The molecule has 9 heteroatoms. The SMILES string of the molecule is COc1ncc(Cl)cc1SNc1cnc2c(c1)/C(=C/C=N)NC(C)CO2. The topological polar surface area (TPSA) is 92.2 Å². The first-order chi connectivity index (χ1) is 12.6. The number of rotatable bonds is 5. The minimum Gasteiger partial charge on any atom is -0.480 e. The molecule has 7 nitrogen and oxygen atoms in total. The van der Waals surface area contributed by atoms with E-state index < -0.39 is 0 Å². The summed E-state index contributed by atoms with van der Waals surface area (Å²) in [6.07, 6.45) is 6.15. The summed E-state index contributed by atoms with van der Waals surface area (Å²) in [5, 5.41) is 11.2. The molecule has 0 saturated carbocycles. The molecular weight excluding hydrogens is 374 g/mol. The molecule has 2 aromatic heterocycles. The molecule has 2 aromatic rings. The van der Waals surface area contributed by atoms with Gasteiger partial charge in [-0.05, 0) is 37.1 Å². The van der Waals surface area contributed by atoms with Gasteiger partial charge in [0.25, 0.3) is 0 Å². The van der Waals surface area contributed by atoms with Gasteiger partial charge >= 0.3 is 0 Å². The Morgan fingerprint density at radius 2 is 2.27 bits per heavy atom. The Kier molecular flexibility index (Phi) is 5.85. The van der Waals surface area contributed by atoms with Crippen LogP contribution in [0.25, 0.3) is 5.70 Å². The molecule has 1 aliphatic heterocycles. The van der Waals surface area contributed by atoms with Crippen molar-refractivity contribution >= 4 is 41.1 Å². The van der Waals surface area contributed by atoms with Crippen LogP contribution in [0.5, 0.6) is 11.8 Å². The summed E-state index contributed by atoms with van der Waals surface area (Å²) in [5.41, 5.74) is 2.36. The minimum absolute atomic E-state index is 0.114. The highest BCUT2D eigenvalue weighted by molar-refractivity contribution is 8.00. The number of ether oxygens (including phenoxy) is 2. The molecule has 3 heterocycles. The summed E-state index contributed by atoms with van der Waals surface area (Å²) in [6, 6.07) is 3.80. The summed E-state index contributed by atoms with van der Waals surface area (Å²) >= 11 is 7.33. The van der Waals surface area contributed by atoms with E-state index in [2.05, 4.69) is 20.0 Å². The lowest BCUT2D eigenvalue weighted by Gasteiger charge is -2.13. The highest BCUT2D eigenvalue weighted by Gasteiger charge is 2.19. The second-order valence-corrected chi connectivity index (χ2v) is 6.83. The van der Waals surface area contributed by atoms with Crippen LogP contribution in [0.4, 0.5) is 5.69 Å². The molecule has 0 bridgehead atoms. The van der Waals surface area contributed by atoms with Crippen LogP contribution in [-0.2, 0) is 0 Å². The van der Waals surface area contributed by atoms with Crippen molar-refractivity contribution < 1.29 is 9.47 Å². The van der Waals surface area contributed by atoms with Crippen molar-refractivity contribution in [3.8, 4) is 11.8 Å². The predicted octanol–water partition coefficient (Wildman–Crippen LogP) is 3.62. The van der Waals surface area contributed by atoms with E-state index in [0.717, 1.165) is 21.8 Å². The number of hydrogen-bond acceptors (Lipinski definition) is 8. The van der Waals surface area contributed by atoms with Crippen LogP contribution in [0.1, 0.15) is 12.5 Å². The number of hydrogen-bond donors (Lipinski definition) is 3. The highest BCUT2D eigenvalue weighted by Crippen LogP contribution is 2.33. The quantitative estimate of drug-likeness (QED) is 0.529. The first-order valence-corrected chi connectivity index (χ1v) is 9.03. The van der Waals surface area contributed by atoms with Gasteiger partial charge in [-0.3, -0.25) is 0 Å². The third-order valence-corrected chi connectivity index (χ3v) is 4.58. The van der Waals surface area contributed by atoms with E-state index in [-0.39, 0.29) is 6.04 Å². The van der Waals surface area contributed by atoms with E-state index in [1.807, 2.05) is 13.0 Å². The minimum atomic E-state index is 0.114. The summed E-state index contributed by atoms with van der Waals surface area (Å²) in [7, 11) is 1.56. The Hall–Kier alpha value is -2.45. The largest absolute Gasteiger partial charge is 0.480 e. The van der Waals surface area contributed by atoms with E-state index in [9.17, 15) is 0 Å². The van der Waals surface area contributed by atoms with Crippen LogP contribution in [-0.4, -0.2) is 35.9 Å². The average Bonchev–Trinajstić information content (AvgIpc) is 2.79. The fourth-order valence-corrected chi connectivity index (χ4v) is 3.35. The third kappa shape index (κ3) is 4.20. The fourth-order valence-electron chi connectivity index (χ4n) is 2.37.